The van der Waals surface area contributed by atoms with Crippen LogP contribution >= 0.6 is 0 Å². The number of nitrogens with two attached hydrogens (primary N) is 1. The average molecular weight is 236 g/mol. The lowest BCUT2D eigenvalue weighted by Gasteiger charge is -2.14. The molecule has 0 saturated heterocycles. The Morgan fingerprint density at radius 1 is 1.71 bits per heavy atom. The second-order valence-electron chi connectivity index (χ2n) is 4.60. The van der Waals surface area contributed by atoms with Crippen molar-refractivity contribution in [3.63, 3.8) is 0 Å². The zero-order valence-electron chi connectivity index (χ0n) is 9.97. The first-order valence-corrected chi connectivity index (χ1v) is 5.33. The summed E-state index contributed by atoms with van der Waals surface area (Å²) >= 11 is 0. The Balaban J connectivity index is 2.57. The molecule has 0 amide bonds. The lowest BCUT2D eigenvalue weighted by Crippen LogP contribution is -2.10. The number of aryl methyl sites for hydroxylation is 1. The predicted octanol–water partition coefficient (Wildman–Crippen LogP) is 1.49. The van der Waals surface area contributed by atoms with Gasteiger partial charge in [-0.15, -0.1) is 0 Å². The van der Waals surface area contributed by atoms with Gasteiger partial charge in [0.05, 0.1) is 17.2 Å². The first-order chi connectivity index (χ1) is 7.85. The molecule has 1 aromatic rings. The van der Waals surface area contributed by atoms with Crippen LogP contribution in [0.5, 0.6) is 0 Å². The highest BCUT2D eigenvalue weighted by Crippen LogP contribution is 2.21. The Kier molecular flexibility index (Phi) is 3.73. The molecular weight excluding hydrogens is 220 g/mol. The van der Waals surface area contributed by atoms with E-state index in [2.05, 4.69) is 11.2 Å². The van der Waals surface area contributed by atoms with E-state index in [1.807, 2.05) is 13.8 Å². The number of rotatable bonds is 5. The van der Waals surface area contributed by atoms with E-state index in [0.717, 1.165) is 12.8 Å². The predicted molar refractivity (Wildman–Crippen MR) is 62.2 cm³/mol. The molecule has 1 heterocycles. The molecule has 0 radical (unpaired) electrons. The van der Waals surface area contributed by atoms with Gasteiger partial charge in [0, 0.05) is 12.7 Å². The number of anilines is 1. The summed E-state index contributed by atoms with van der Waals surface area (Å²) < 4.78 is 1.51. The molecule has 0 bridgehead atoms. The summed E-state index contributed by atoms with van der Waals surface area (Å²) in [6.07, 6.45) is 2.98. The third kappa shape index (κ3) is 3.48. The summed E-state index contributed by atoms with van der Waals surface area (Å²) in [7, 11) is 0. The van der Waals surface area contributed by atoms with Gasteiger partial charge in [0.25, 0.3) is 0 Å². The number of hydrogen-bond donors (Lipinski definition) is 2. The fourth-order valence-corrected chi connectivity index (χ4v) is 1.46. The van der Waals surface area contributed by atoms with Crippen LogP contribution < -0.4 is 5.73 Å². The van der Waals surface area contributed by atoms with Crippen molar-refractivity contribution in [1.29, 1.82) is 5.26 Å². The Morgan fingerprint density at radius 2 is 2.35 bits per heavy atom. The number of carboxylic acid groups (broad SMARTS) is 1. The molecule has 0 unspecified atom stereocenters. The molecule has 0 aliphatic carbocycles. The van der Waals surface area contributed by atoms with Gasteiger partial charge in [-0.2, -0.15) is 10.4 Å². The van der Waals surface area contributed by atoms with Crippen LogP contribution in [0.1, 0.15) is 37.2 Å². The normalized spacial score (nSPS) is 11.1. The summed E-state index contributed by atoms with van der Waals surface area (Å²) in [6, 6.07) is 2.21. The Morgan fingerprint density at radius 3 is 2.82 bits per heavy atom. The number of nitrogen functional groups attached to an aromatic ring is 1. The smallest absolute Gasteiger partial charge is 0.358 e. The molecule has 0 aliphatic rings. The molecule has 6 heteroatoms. The van der Waals surface area contributed by atoms with Crippen molar-refractivity contribution in [3.8, 4) is 6.07 Å². The fourth-order valence-electron chi connectivity index (χ4n) is 1.46. The zero-order valence-corrected chi connectivity index (χ0v) is 9.97. The number of hydrogen-bond acceptors (Lipinski definition) is 4. The number of nitriles is 1. The van der Waals surface area contributed by atoms with Gasteiger partial charge in [-0.25, -0.2) is 4.79 Å². The molecule has 6 nitrogen and oxygen atoms in total. The maximum absolute atomic E-state index is 10.7. The molecule has 92 valence electrons. The maximum Gasteiger partial charge on any atom is 0.358 e. The lowest BCUT2D eigenvalue weighted by atomic mass is 9.90. The largest absolute Gasteiger partial charge is 0.476 e. The van der Waals surface area contributed by atoms with Gasteiger partial charge >= 0.3 is 5.97 Å². The summed E-state index contributed by atoms with van der Waals surface area (Å²) in [5.74, 6) is -1.13. The van der Waals surface area contributed by atoms with Gasteiger partial charge in [-0.05, 0) is 26.7 Å². The number of aromatic nitrogens is 2. The molecule has 0 aromatic carbocycles. The minimum absolute atomic E-state index is 0.121. The number of carbonyl (C=O) groups is 1. The minimum Gasteiger partial charge on any atom is -0.476 e. The van der Waals surface area contributed by atoms with E-state index in [9.17, 15) is 4.79 Å². The van der Waals surface area contributed by atoms with Crippen molar-refractivity contribution < 1.29 is 9.90 Å². The van der Waals surface area contributed by atoms with E-state index >= 15 is 0 Å². The molecular formula is C11H16N4O2. The lowest BCUT2D eigenvalue weighted by molar-refractivity contribution is 0.0690. The van der Waals surface area contributed by atoms with Crippen LogP contribution in [0.25, 0.3) is 0 Å². The second kappa shape index (κ2) is 4.87. The van der Waals surface area contributed by atoms with E-state index in [0.29, 0.717) is 6.54 Å². The fraction of sp³-hybridized carbons (Fsp3) is 0.545. The van der Waals surface area contributed by atoms with E-state index in [1.54, 1.807) is 0 Å². The quantitative estimate of drug-likeness (QED) is 0.805. The molecule has 1 aromatic heterocycles. The topological polar surface area (TPSA) is 105 Å². The van der Waals surface area contributed by atoms with E-state index in [-0.39, 0.29) is 16.8 Å². The average Bonchev–Trinajstić information content (AvgIpc) is 2.59. The highest BCUT2D eigenvalue weighted by atomic mass is 16.4. The highest BCUT2D eigenvalue weighted by molar-refractivity contribution is 5.91. The Hall–Kier alpha value is -2.03. The van der Waals surface area contributed by atoms with Crippen molar-refractivity contribution in [3.05, 3.63) is 11.9 Å². The standard InChI is InChI=1S/C11H16N4O2/c1-11(2,7-12)4-3-5-15-6-8(13)9(14-15)10(16)17/h6H,3-5,13H2,1-2H3,(H,16,17). The van der Waals surface area contributed by atoms with E-state index in [4.69, 9.17) is 16.1 Å². The molecule has 1 rings (SSSR count). The highest BCUT2D eigenvalue weighted by Gasteiger charge is 2.17. The van der Waals surface area contributed by atoms with Crippen LogP contribution in [0, 0.1) is 16.7 Å². The summed E-state index contributed by atoms with van der Waals surface area (Å²) in [6.45, 7) is 4.29. The number of carboxylic acids is 1. The third-order valence-electron chi connectivity index (χ3n) is 2.48. The van der Waals surface area contributed by atoms with Crippen LogP contribution in [0.15, 0.2) is 6.20 Å². The van der Waals surface area contributed by atoms with Gasteiger partial charge in [-0.1, -0.05) is 0 Å². The second-order valence-corrected chi connectivity index (χ2v) is 4.60. The van der Waals surface area contributed by atoms with Crippen molar-refractivity contribution in [2.24, 2.45) is 5.41 Å². The molecule has 3 N–H and O–H groups in total. The molecule has 0 fully saturated rings. The summed E-state index contributed by atoms with van der Waals surface area (Å²) in [5.41, 5.74) is 5.19. The number of aromatic carboxylic acids is 1. The molecule has 0 atom stereocenters. The van der Waals surface area contributed by atoms with Crippen molar-refractivity contribution in [2.45, 2.75) is 33.2 Å². The third-order valence-corrected chi connectivity index (χ3v) is 2.48. The summed E-state index contributed by atoms with van der Waals surface area (Å²) in [5, 5.41) is 21.5. The van der Waals surface area contributed by atoms with Crippen molar-refractivity contribution in [1.82, 2.24) is 9.78 Å². The minimum atomic E-state index is -1.13. The maximum atomic E-state index is 10.7. The van der Waals surface area contributed by atoms with Gasteiger partial charge in [-0.3, -0.25) is 4.68 Å². The number of nitrogens with zero attached hydrogens (tertiary/aromatic N) is 3. The van der Waals surface area contributed by atoms with Crippen molar-refractivity contribution >= 4 is 11.7 Å². The van der Waals surface area contributed by atoms with Gasteiger partial charge in [0.15, 0.2) is 5.69 Å². The van der Waals surface area contributed by atoms with Gasteiger partial charge < -0.3 is 10.8 Å². The van der Waals surface area contributed by atoms with Gasteiger partial charge in [0.1, 0.15) is 0 Å². The Bertz CT molecular complexity index is 457. The van der Waals surface area contributed by atoms with Gasteiger partial charge in [0.2, 0.25) is 0 Å². The molecule has 0 saturated carbocycles. The first-order valence-electron chi connectivity index (χ1n) is 5.33. The SMILES string of the molecule is CC(C)(C#N)CCCn1cc(N)c(C(=O)O)n1. The first kappa shape index (κ1) is 13.0. The molecule has 17 heavy (non-hydrogen) atoms. The monoisotopic (exact) mass is 236 g/mol. The molecule has 0 aliphatic heterocycles. The van der Waals surface area contributed by atoms with Crippen LogP contribution in [0.3, 0.4) is 0 Å². The van der Waals surface area contributed by atoms with Crippen LogP contribution in [0.4, 0.5) is 5.69 Å². The van der Waals surface area contributed by atoms with Crippen molar-refractivity contribution in [2.75, 3.05) is 5.73 Å². The van der Waals surface area contributed by atoms with E-state index < -0.39 is 5.97 Å². The zero-order chi connectivity index (χ0) is 13.1. The van der Waals surface area contributed by atoms with Crippen LogP contribution in [-0.2, 0) is 6.54 Å². The summed E-state index contributed by atoms with van der Waals surface area (Å²) in [4.78, 5) is 10.7. The Labute approximate surface area is 99.6 Å². The van der Waals surface area contributed by atoms with Crippen LogP contribution in [-0.4, -0.2) is 20.9 Å². The van der Waals surface area contributed by atoms with E-state index in [1.165, 1.54) is 10.9 Å². The van der Waals surface area contributed by atoms with Crippen LogP contribution in [0.2, 0.25) is 0 Å². The molecule has 0 spiro atoms.